The highest BCUT2D eigenvalue weighted by molar-refractivity contribution is 5.83. The predicted octanol–water partition coefficient (Wildman–Crippen LogP) is -1.17. The summed E-state index contributed by atoms with van der Waals surface area (Å²) in [6.07, 6.45) is -0.180. The molecule has 0 radical (unpaired) electrons. The molecule has 0 aliphatic carbocycles. The summed E-state index contributed by atoms with van der Waals surface area (Å²) < 4.78 is 4.39. The Hall–Kier alpha value is -2.32. The Bertz CT molecular complexity index is 371. The van der Waals surface area contributed by atoms with Crippen LogP contribution in [0.5, 0.6) is 0 Å². The van der Waals surface area contributed by atoms with E-state index >= 15 is 0 Å². The molecule has 0 aliphatic heterocycles. The average molecular weight is 289 g/mol. The molecule has 0 aliphatic rings. The van der Waals surface area contributed by atoms with E-state index in [9.17, 15) is 19.2 Å². The van der Waals surface area contributed by atoms with Crippen molar-refractivity contribution < 1.29 is 29.0 Å². The van der Waals surface area contributed by atoms with Crippen molar-refractivity contribution in [2.75, 3.05) is 20.2 Å². The molecule has 0 aromatic rings. The van der Waals surface area contributed by atoms with Gasteiger partial charge in [-0.25, -0.2) is 9.59 Å². The van der Waals surface area contributed by atoms with Gasteiger partial charge in [-0.3, -0.25) is 9.59 Å². The second kappa shape index (κ2) is 9.59. The number of carbonyl (C=O) groups is 4. The summed E-state index contributed by atoms with van der Waals surface area (Å²) in [6, 6.07) is -1.87. The topological polar surface area (TPSA) is 134 Å². The highest BCUT2D eigenvalue weighted by atomic mass is 16.5. The number of aliphatic carboxylic acids is 1. The highest BCUT2D eigenvalue weighted by Crippen LogP contribution is 1.99. The standard InChI is InChI=1S/C11H19N3O6/c1-7(15)12-5-6-13-11(19)14-8(10(17)18)3-4-9(16)20-2/h8H,3-6H2,1-2H3,(H,12,15)(H,17,18)(H2,13,14,19)/t8-/m1/s1. The molecule has 0 rings (SSSR count). The quantitative estimate of drug-likeness (QED) is 0.328. The first-order valence-electron chi connectivity index (χ1n) is 5.95. The number of amides is 3. The molecule has 9 nitrogen and oxygen atoms in total. The van der Waals surface area contributed by atoms with Crippen molar-refractivity contribution in [1.29, 1.82) is 0 Å². The number of nitrogens with one attached hydrogen (secondary N) is 3. The minimum atomic E-state index is -1.24. The van der Waals surface area contributed by atoms with Crippen molar-refractivity contribution in [3.8, 4) is 0 Å². The Morgan fingerprint density at radius 2 is 1.75 bits per heavy atom. The second-order valence-electron chi connectivity index (χ2n) is 3.89. The third-order valence-corrected chi connectivity index (χ3v) is 2.25. The van der Waals surface area contributed by atoms with Crippen LogP contribution in [0.1, 0.15) is 19.8 Å². The first-order chi connectivity index (χ1) is 9.36. The molecule has 114 valence electrons. The summed E-state index contributed by atoms with van der Waals surface area (Å²) >= 11 is 0. The van der Waals surface area contributed by atoms with E-state index in [1.165, 1.54) is 14.0 Å². The van der Waals surface area contributed by atoms with Crippen LogP contribution in [0.15, 0.2) is 0 Å². The van der Waals surface area contributed by atoms with Crippen LogP contribution < -0.4 is 16.0 Å². The SMILES string of the molecule is COC(=O)CC[C@@H](NC(=O)NCCNC(C)=O)C(=O)O. The monoisotopic (exact) mass is 289 g/mol. The molecular formula is C11H19N3O6. The number of urea groups is 1. The number of hydrogen-bond acceptors (Lipinski definition) is 5. The Labute approximate surface area is 116 Å². The van der Waals surface area contributed by atoms with Crippen LogP contribution >= 0.6 is 0 Å². The van der Waals surface area contributed by atoms with E-state index < -0.39 is 24.0 Å². The molecule has 0 unspecified atom stereocenters. The van der Waals surface area contributed by atoms with E-state index in [2.05, 4.69) is 20.7 Å². The number of ether oxygens (including phenoxy) is 1. The summed E-state index contributed by atoms with van der Waals surface area (Å²) in [5.74, 6) is -2.02. The fourth-order valence-electron chi connectivity index (χ4n) is 1.25. The lowest BCUT2D eigenvalue weighted by Crippen LogP contribution is -2.47. The van der Waals surface area contributed by atoms with Crippen LogP contribution in [0.25, 0.3) is 0 Å². The van der Waals surface area contributed by atoms with Crippen LogP contribution in [0.3, 0.4) is 0 Å². The lowest BCUT2D eigenvalue weighted by molar-refractivity contribution is -0.142. The molecule has 0 saturated heterocycles. The molecule has 3 amide bonds. The van der Waals surface area contributed by atoms with Crippen LogP contribution in [-0.4, -0.2) is 55.2 Å². The van der Waals surface area contributed by atoms with Gasteiger partial charge in [-0.05, 0) is 6.42 Å². The first-order valence-corrected chi connectivity index (χ1v) is 5.95. The maximum Gasteiger partial charge on any atom is 0.326 e. The van der Waals surface area contributed by atoms with E-state index in [0.29, 0.717) is 0 Å². The van der Waals surface area contributed by atoms with E-state index in [-0.39, 0.29) is 31.8 Å². The van der Waals surface area contributed by atoms with Crippen LogP contribution in [0.2, 0.25) is 0 Å². The Morgan fingerprint density at radius 3 is 2.25 bits per heavy atom. The lowest BCUT2D eigenvalue weighted by atomic mass is 10.1. The number of methoxy groups -OCH3 is 1. The maximum absolute atomic E-state index is 11.4. The number of esters is 1. The Morgan fingerprint density at radius 1 is 1.15 bits per heavy atom. The minimum Gasteiger partial charge on any atom is -0.480 e. The minimum absolute atomic E-state index is 0.0683. The normalized spacial score (nSPS) is 11.1. The van der Waals surface area contributed by atoms with Crippen molar-refractivity contribution in [2.45, 2.75) is 25.8 Å². The smallest absolute Gasteiger partial charge is 0.326 e. The molecule has 9 heteroatoms. The van der Waals surface area contributed by atoms with Gasteiger partial charge in [0.25, 0.3) is 0 Å². The van der Waals surface area contributed by atoms with Gasteiger partial charge in [-0.15, -0.1) is 0 Å². The van der Waals surface area contributed by atoms with Crippen molar-refractivity contribution in [2.24, 2.45) is 0 Å². The number of hydrogen-bond donors (Lipinski definition) is 4. The second-order valence-corrected chi connectivity index (χ2v) is 3.89. The van der Waals surface area contributed by atoms with Gasteiger partial charge >= 0.3 is 18.0 Å². The fraction of sp³-hybridized carbons (Fsp3) is 0.636. The summed E-state index contributed by atoms with van der Waals surface area (Å²) in [4.78, 5) is 43.8. The first kappa shape index (κ1) is 17.7. The molecule has 20 heavy (non-hydrogen) atoms. The summed E-state index contributed by atoms with van der Waals surface area (Å²) in [6.45, 7) is 1.74. The van der Waals surface area contributed by atoms with Gasteiger partial charge in [-0.2, -0.15) is 0 Å². The van der Waals surface area contributed by atoms with Crippen LogP contribution in [0.4, 0.5) is 4.79 Å². The van der Waals surface area contributed by atoms with Crippen LogP contribution in [0, 0.1) is 0 Å². The number of rotatable bonds is 8. The molecule has 0 fully saturated rings. The lowest BCUT2D eigenvalue weighted by Gasteiger charge is -2.14. The van der Waals surface area contributed by atoms with Gasteiger partial charge in [0.05, 0.1) is 7.11 Å². The third-order valence-electron chi connectivity index (χ3n) is 2.25. The van der Waals surface area contributed by atoms with Gasteiger partial charge in [-0.1, -0.05) is 0 Å². The zero-order chi connectivity index (χ0) is 15.5. The van der Waals surface area contributed by atoms with Gasteiger partial charge in [0, 0.05) is 26.4 Å². The van der Waals surface area contributed by atoms with Crippen molar-refractivity contribution in [3.63, 3.8) is 0 Å². The van der Waals surface area contributed by atoms with Crippen molar-refractivity contribution in [3.05, 3.63) is 0 Å². The van der Waals surface area contributed by atoms with E-state index in [1.54, 1.807) is 0 Å². The zero-order valence-electron chi connectivity index (χ0n) is 11.4. The maximum atomic E-state index is 11.4. The Kier molecular flexibility index (Phi) is 8.48. The molecule has 0 spiro atoms. The van der Waals surface area contributed by atoms with Crippen molar-refractivity contribution in [1.82, 2.24) is 16.0 Å². The fourth-order valence-corrected chi connectivity index (χ4v) is 1.25. The van der Waals surface area contributed by atoms with Gasteiger partial charge in [0.2, 0.25) is 5.91 Å². The molecule has 0 aromatic heterocycles. The van der Waals surface area contributed by atoms with Crippen molar-refractivity contribution >= 4 is 23.9 Å². The molecule has 4 N–H and O–H groups in total. The van der Waals surface area contributed by atoms with E-state index in [0.717, 1.165) is 0 Å². The number of carboxylic acids is 1. The van der Waals surface area contributed by atoms with E-state index in [4.69, 9.17) is 5.11 Å². The van der Waals surface area contributed by atoms with Gasteiger partial charge in [0.1, 0.15) is 6.04 Å². The number of carbonyl (C=O) groups excluding carboxylic acids is 3. The molecule has 1 atom stereocenters. The van der Waals surface area contributed by atoms with Crippen LogP contribution in [-0.2, 0) is 19.1 Å². The molecule has 0 bridgehead atoms. The molecule has 0 saturated carbocycles. The summed E-state index contributed by atoms with van der Waals surface area (Å²) in [7, 11) is 1.19. The van der Waals surface area contributed by atoms with Gasteiger partial charge < -0.3 is 25.8 Å². The Balaban J connectivity index is 4.04. The predicted molar refractivity (Wildman–Crippen MR) is 67.9 cm³/mol. The highest BCUT2D eigenvalue weighted by Gasteiger charge is 2.20. The van der Waals surface area contributed by atoms with Gasteiger partial charge in [0.15, 0.2) is 0 Å². The average Bonchev–Trinajstić information content (AvgIpc) is 2.38. The zero-order valence-corrected chi connectivity index (χ0v) is 11.4. The molecular weight excluding hydrogens is 270 g/mol. The molecule has 0 heterocycles. The summed E-state index contributed by atoms with van der Waals surface area (Å²) in [5.41, 5.74) is 0. The third kappa shape index (κ3) is 8.72. The number of carboxylic acid groups (broad SMARTS) is 1. The van der Waals surface area contributed by atoms with E-state index in [1.807, 2.05) is 0 Å². The molecule has 0 aromatic carbocycles. The largest absolute Gasteiger partial charge is 0.480 e. The summed E-state index contributed by atoms with van der Waals surface area (Å²) in [5, 5.41) is 16.0.